The number of hydrazine groups is 1. The molecule has 152 valence electrons. The maximum absolute atomic E-state index is 13.1. The molecular formula is C24H29N3O2. The van der Waals surface area contributed by atoms with Crippen molar-refractivity contribution < 1.29 is 9.53 Å². The summed E-state index contributed by atoms with van der Waals surface area (Å²) in [4.78, 5) is 15.1. The van der Waals surface area contributed by atoms with E-state index < -0.39 is 5.54 Å². The zero-order valence-corrected chi connectivity index (χ0v) is 17.2. The van der Waals surface area contributed by atoms with Gasteiger partial charge in [-0.2, -0.15) is 0 Å². The van der Waals surface area contributed by atoms with E-state index in [2.05, 4.69) is 30.6 Å². The van der Waals surface area contributed by atoms with E-state index in [-0.39, 0.29) is 5.91 Å². The number of amides is 1. The van der Waals surface area contributed by atoms with Gasteiger partial charge in [-0.05, 0) is 67.7 Å². The van der Waals surface area contributed by atoms with Crippen LogP contribution in [-0.4, -0.2) is 35.5 Å². The largest absolute Gasteiger partial charge is 0.497 e. The number of benzene rings is 1. The number of carbonyl (C=O) groups excluding carboxylic acids is 1. The van der Waals surface area contributed by atoms with E-state index >= 15 is 0 Å². The van der Waals surface area contributed by atoms with Crippen molar-refractivity contribution in [3.63, 3.8) is 0 Å². The number of ether oxygens (including phenoxy) is 1. The summed E-state index contributed by atoms with van der Waals surface area (Å²) >= 11 is 0. The monoisotopic (exact) mass is 391 g/mol. The van der Waals surface area contributed by atoms with Crippen molar-refractivity contribution in [3.05, 3.63) is 78.2 Å². The van der Waals surface area contributed by atoms with Gasteiger partial charge in [-0.1, -0.05) is 25.1 Å². The van der Waals surface area contributed by atoms with Crippen LogP contribution in [0.25, 0.3) is 0 Å². The van der Waals surface area contributed by atoms with Gasteiger partial charge in [-0.3, -0.25) is 9.80 Å². The van der Waals surface area contributed by atoms with Crippen LogP contribution in [0.1, 0.15) is 38.2 Å². The third kappa shape index (κ3) is 3.87. The van der Waals surface area contributed by atoms with E-state index in [1.165, 1.54) is 6.42 Å². The molecule has 3 aliphatic heterocycles. The van der Waals surface area contributed by atoms with Gasteiger partial charge in [-0.15, -0.1) is 0 Å². The molecule has 0 aliphatic carbocycles. The van der Waals surface area contributed by atoms with Gasteiger partial charge in [-0.25, -0.2) is 5.43 Å². The molecule has 0 radical (unpaired) electrons. The molecule has 4 rings (SSSR count). The van der Waals surface area contributed by atoms with Gasteiger partial charge in [0.1, 0.15) is 11.3 Å². The van der Waals surface area contributed by atoms with Gasteiger partial charge >= 0.3 is 0 Å². The Labute approximate surface area is 173 Å². The van der Waals surface area contributed by atoms with E-state index in [0.717, 1.165) is 42.8 Å². The molecule has 1 fully saturated rings. The second kappa shape index (κ2) is 8.29. The molecular weight excluding hydrogens is 362 g/mol. The first-order chi connectivity index (χ1) is 14.1. The second-order valence-electron chi connectivity index (χ2n) is 7.78. The predicted molar refractivity (Wildman–Crippen MR) is 115 cm³/mol. The smallest absolute Gasteiger partial charge is 0.246 e. The maximum Gasteiger partial charge on any atom is 0.246 e. The fraction of sp³-hybridized carbons (Fsp3) is 0.375. The van der Waals surface area contributed by atoms with Crippen LogP contribution in [0.4, 0.5) is 0 Å². The number of carbonyl (C=O) groups is 1. The zero-order valence-electron chi connectivity index (χ0n) is 17.2. The van der Waals surface area contributed by atoms with E-state index in [0.29, 0.717) is 6.04 Å². The number of fused-ring (bicyclic) bond motifs is 1. The highest BCUT2D eigenvalue weighted by atomic mass is 16.5. The normalized spacial score (nSPS) is 26.0. The van der Waals surface area contributed by atoms with Crippen molar-refractivity contribution in [1.29, 1.82) is 0 Å². The Bertz CT molecular complexity index is 886. The third-order valence-corrected chi connectivity index (χ3v) is 5.99. The molecule has 0 spiro atoms. The quantitative estimate of drug-likeness (QED) is 0.770. The van der Waals surface area contributed by atoms with Crippen LogP contribution in [0.15, 0.2) is 72.6 Å². The lowest BCUT2D eigenvalue weighted by Gasteiger charge is -2.35. The van der Waals surface area contributed by atoms with Crippen LogP contribution in [0.2, 0.25) is 0 Å². The fourth-order valence-electron chi connectivity index (χ4n) is 4.36. The average Bonchev–Trinajstić information content (AvgIpc) is 3.17. The van der Waals surface area contributed by atoms with Gasteiger partial charge < -0.3 is 9.64 Å². The van der Waals surface area contributed by atoms with E-state index in [4.69, 9.17) is 4.74 Å². The second-order valence-corrected chi connectivity index (χ2v) is 7.78. The Morgan fingerprint density at radius 3 is 3.03 bits per heavy atom. The molecule has 2 unspecified atom stereocenters. The molecule has 1 N–H and O–H groups in total. The lowest BCUT2D eigenvalue weighted by Crippen LogP contribution is -2.44. The van der Waals surface area contributed by atoms with Crippen molar-refractivity contribution >= 4 is 5.91 Å². The van der Waals surface area contributed by atoms with Gasteiger partial charge in [0.25, 0.3) is 0 Å². The summed E-state index contributed by atoms with van der Waals surface area (Å²) in [5.41, 5.74) is 5.01. The van der Waals surface area contributed by atoms with Crippen molar-refractivity contribution in [2.45, 2.75) is 44.2 Å². The van der Waals surface area contributed by atoms with Crippen LogP contribution in [0.3, 0.4) is 0 Å². The number of likely N-dealkylation sites (tertiary alicyclic amines) is 1. The number of hydrogen-bond acceptors (Lipinski definition) is 4. The van der Waals surface area contributed by atoms with Crippen molar-refractivity contribution in [2.24, 2.45) is 0 Å². The Balaban J connectivity index is 1.67. The highest BCUT2D eigenvalue weighted by molar-refractivity contribution is 5.88. The minimum atomic E-state index is -0.615. The van der Waals surface area contributed by atoms with Crippen molar-refractivity contribution in [1.82, 2.24) is 15.3 Å². The summed E-state index contributed by atoms with van der Waals surface area (Å²) < 4.78 is 5.44. The molecule has 1 aromatic carbocycles. The molecule has 5 heteroatoms. The SMILES string of the molecule is CCC1CCCCN1C(=O)C=CC1(c2cccc(OC)c2)C=C2C=CC=CN2N1. The van der Waals surface area contributed by atoms with E-state index in [1.54, 1.807) is 13.2 Å². The lowest BCUT2D eigenvalue weighted by molar-refractivity contribution is -0.129. The van der Waals surface area contributed by atoms with Crippen molar-refractivity contribution in [3.8, 4) is 5.75 Å². The van der Waals surface area contributed by atoms with Crippen LogP contribution >= 0.6 is 0 Å². The van der Waals surface area contributed by atoms with Gasteiger partial charge in [0.05, 0.1) is 12.8 Å². The molecule has 1 aromatic rings. The van der Waals surface area contributed by atoms with Crippen molar-refractivity contribution in [2.75, 3.05) is 13.7 Å². The summed E-state index contributed by atoms with van der Waals surface area (Å²) in [5, 5.41) is 1.99. The summed E-state index contributed by atoms with van der Waals surface area (Å²) in [6.07, 6.45) is 18.3. The van der Waals surface area contributed by atoms with Crippen LogP contribution in [0, 0.1) is 0 Å². The highest BCUT2D eigenvalue weighted by Crippen LogP contribution is 2.36. The molecule has 1 amide bonds. The minimum absolute atomic E-state index is 0.0926. The first-order valence-electron chi connectivity index (χ1n) is 10.4. The Kier molecular flexibility index (Phi) is 5.58. The van der Waals surface area contributed by atoms with Gasteiger partial charge in [0.2, 0.25) is 5.91 Å². The summed E-state index contributed by atoms with van der Waals surface area (Å²) in [5.74, 6) is 0.884. The number of allylic oxidation sites excluding steroid dienone is 3. The third-order valence-electron chi connectivity index (χ3n) is 5.99. The van der Waals surface area contributed by atoms with Crippen LogP contribution in [0.5, 0.6) is 5.75 Å². The summed E-state index contributed by atoms with van der Waals surface area (Å²) in [6, 6.07) is 8.33. The standard InChI is InChI=1S/C24H29N3O2/c1-3-20-10-4-6-15-26(20)23(28)13-14-24(19-9-8-12-22(17-19)29-2)18-21-11-5-7-16-27(21)25-24/h5,7-9,11-14,16-18,20,25H,3-4,6,10,15H2,1-2H3. The molecule has 2 atom stereocenters. The number of methoxy groups -OCH3 is 1. The molecule has 1 saturated heterocycles. The van der Waals surface area contributed by atoms with Crippen LogP contribution in [-0.2, 0) is 10.3 Å². The van der Waals surface area contributed by atoms with E-state index in [1.807, 2.05) is 52.5 Å². The Hall–Kier alpha value is -2.79. The fourth-order valence-corrected chi connectivity index (χ4v) is 4.36. The average molecular weight is 392 g/mol. The zero-order chi connectivity index (χ0) is 20.3. The lowest BCUT2D eigenvalue weighted by atomic mass is 9.89. The molecule has 5 nitrogen and oxygen atoms in total. The molecule has 0 saturated carbocycles. The Morgan fingerprint density at radius 2 is 2.24 bits per heavy atom. The first kappa shape index (κ1) is 19.5. The highest BCUT2D eigenvalue weighted by Gasteiger charge is 2.36. The van der Waals surface area contributed by atoms with Crippen LogP contribution < -0.4 is 10.2 Å². The number of rotatable bonds is 5. The molecule has 3 heterocycles. The van der Waals surface area contributed by atoms with E-state index in [9.17, 15) is 4.79 Å². The maximum atomic E-state index is 13.1. The predicted octanol–water partition coefficient (Wildman–Crippen LogP) is 4.03. The topological polar surface area (TPSA) is 44.8 Å². The Morgan fingerprint density at radius 1 is 1.34 bits per heavy atom. The van der Waals surface area contributed by atoms with Gasteiger partial charge in [0, 0.05) is 24.9 Å². The minimum Gasteiger partial charge on any atom is -0.497 e. The van der Waals surface area contributed by atoms with Gasteiger partial charge in [0.15, 0.2) is 0 Å². The molecule has 29 heavy (non-hydrogen) atoms. The molecule has 3 aliphatic rings. The summed E-state index contributed by atoms with van der Waals surface area (Å²) in [7, 11) is 1.67. The number of hydrogen-bond donors (Lipinski definition) is 1. The molecule has 0 bridgehead atoms. The first-order valence-corrected chi connectivity index (χ1v) is 10.4. The number of piperidine rings is 1. The summed E-state index contributed by atoms with van der Waals surface area (Å²) in [6.45, 7) is 3.01. The number of nitrogens with one attached hydrogen (secondary N) is 1. The molecule has 0 aromatic heterocycles. The number of nitrogens with zero attached hydrogens (tertiary/aromatic N) is 2.